The fourth-order valence-corrected chi connectivity index (χ4v) is 2.24. The van der Waals surface area contributed by atoms with Gasteiger partial charge in [-0.05, 0) is 43.0 Å². The van der Waals surface area contributed by atoms with E-state index in [1.54, 1.807) is 4.90 Å². The van der Waals surface area contributed by atoms with E-state index in [0.717, 1.165) is 31.5 Å². The molecular weight excluding hydrogens is 200 g/mol. The first-order valence-electron chi connectivity index (χ1n) is 5.81. The van der Waals surface area contributed by atoms with Crippen molar-refractivity contribution < 1.29 is 4.79 Å². The lowest BCUT2D eigenvalue weighted by molar-refractivity contribution is -0.117. The first kappa shape index (κ1) is 11.1. The van der Waals surface area contributed by atoms with E-state index < -0.39 is 0 Å². The molecule has 0 atom stereocenters. The van der Waals surface area contributed by atoms with Crippen LogP contribution in [0.5, 0.6) is 0 Å². The first-order valence-corrected chi connectivity index (χ1v) is 5.81. The molecule has 0 fully saturated rings. The minimum atomic E-state index is 0.196. The van der Waals surface area contributed by atoms with Crippen molar-refractivity contribution in [2.45, 2.75) is 25.7 Å². The number of nitrogens with two attached hydrogens (primary N) is 1. The molecule has 3 heteroatoms. The van der Waals surface area contributed by atoms with Gasteiger partial charge in [0.15, 0.2) is 0 Å². The van der Waals surface area contributed by atoms with Crippen LogP contribution in [0.1, 0.15) is 24.0 Å². The number of anilines is 1. The molecule has 1 aliphatic heterocycles. The van der Waals surface area contributed by atoms with Gasteiger partial charge in [-0.25, -0.2) is 0 Å². The number of carbonyl (C=O) groups excluding carboxylic acids is 1. The summed E-state index contributed by atoms with van der Waals surface area (Å²) in [6.07, 6.45) is 3.74. The molecule has 1 aromatic rings. The molecular formula is C13H18N2O. The quantitative estimate of drug-likeness (QED) is 0.778. The van der Waals surface area contributed by atoms with E-state index in [9.17, 15) is 4.79 Å². The zero-order chi connectivity index (χ0) is 11.5. The van der Waals surface area contributed by atoms with Gasteiger partial charge in [-0.15, -0.1) is 0 Å². The molecule has 86 valence electrons. The molecule has 0 aliphatic carbocycles. The van der Waals surface area contributed by atoms with Crippen molar-refractivity contribution in [2.75, 3.05) is 18.5 Å². The predicted molar refractivity (Wildman–Crippen MR) is 65.5 cm³/mol. The topological polar surface area (TPSA) is 46.3 Å². The fraction of sp³-hybridized carbons (Fsp3) is 0.462. The third-order valence-corrected chi connectivity index (χ3v) is 3.21. The van der Waals surface area contributed by atoms with Crippen molar-refractivity contribution in [3.05, 3.63) is 29.3 Å². The van der Waals surface area contributed by atoms with Crippen LogP contribution in [0, 0.1) is 0 Å². The van der Waals surface area contributed by atoms with Gasteiger partial charge in [0.25, 0.3) is 0 Å². The third kappa shape index (κ3) is 1.95. The molecule has 1 heterocycles. The second-order valence-electron chi connectivity index (χ2n) is 4.29. The molecule has 2 rings (SSSR count). The summed E-state index contributed by atoms with van der Waals surface area (Å²) in [7, 11) is 1.85. The van der Waals surface area contributed by atoms with Crippen molar-refractivity contribution >= 4 is 11.6 Å². The molecule has 2 N–H and O–H groups in total. The van der Waals surface area contributed by atoms with Crippen molar-refractivity contribution in [2.24, 2.45) is 5.73 Å². The normalized spacial score (nSPS) is 14.4. The number of aryl methyl sites for hydroxylation is 1. The van der Waals surface area contributed by atoms with Gasteiger partial charge in [0.05, 0.1) is 6.42 Å². The SMILES string of the molecule is CN1C(=O)Cc2c(CCCCN)cccc21. The van der Waals surface area contributed by atoms with Gasteiger partial charge < -0.3 is 10.6 Å². The zero-order valence-corrected chi connectivity index (χ0v) is 9.70. The second kappa shape index (κ2) is 4.66. The van der Waals surface area contributed by atoms with Crippen LogP contribution in [0.3, 0.4) is 0 Å². The van der Waals surface area contributed by atoms with Crippen LogP contribution in [0.15, 0.2) is 18.2 Å². The molecule has 0 bridgehead atoms. The Bertz CT molecular complexity index is 401. The lowest BCUT2D eigenvalue weighted by atomic mass is 10.00. The fourth-order valence-electron chi connectivity index (χ4n) is 2.24. The van der Waals surface area contributed by atoms with Gasteiger partial charge in [0, 0.05) is 12.7 Å². The molecule has 0 unspecified atom stereocenters. The van der Waals surface area contributed by atoms with Gasteiger partial charge in [0.2, 0.25) is 5.91 Å². The molecule has 0 saturated carbocycles. The number of fused-ring (bicyclic) bond motifs is 1. The van der Waals surface area contributed by atoms with Gasteiger partial charge in [-0.2, -0.15) is 0 Å². The summed E-state index contributed by atoms with van der Waals surface area (Å²) in [5, 5.41) is 0. The minimum absolute atomic E-state index is 0.196. The first-order chi connectivity index (χ1) is 7.74. The Hall–Kier alpha value is -1.35. The second-order valence-corrected chi connectivity index (χ2v) is 4.29. The zero-order valence-electron chi connectivity index (χ0n) is 9.70. The number of carbonyl (C=O) groups is 1. The van der Waals surface area contributed by atoms with E-state index in [-0.39, 0.29) is 5.91 Å². The highest BCUT2D eigenvalue weighted by Gasteiger charge is 2.25. The summed E-state index contributed by atoms with van der Waals surface area (Å²) in [6.45, 7) is 0.744. The summed E-state index contributed by atoms with van der Waals surface area (Å²) in [6, 6.07) is 6.18. The number of hydrogen-bond acceptors (Lipinski definition) is 2. The highest BCUT2D eigenvalue weighted by atomic mass is 16.2. The van der Waals surface area contributed by atoms with Crippen molar-refractivity contribution in [3.8, 4) is 0 Å². The van der Waals surface area contributed by atoms with Crippen LogP contribution in [0.25, 0.3) is 0 Å². The number of rotatable bonds is 4. The van der Waals surface area contributed by atoms with Crippen LogP contribution < -0.4 is 10.6 Å². The monoisotopic (exact) mass is 218 g/mol. The molecule has 0 saturated heterocycles. The minimum Gasteiger partial charge on any atom is -0.330 e. The Kier molecular flexibility index (Phi) is 3.25. The Labute approximate surface area is 96.2 Å². The summed E-state index contributed by atoms with van der Waals surface area (Å²) in [5.74, 6) is 0.196. The van der Waals surface area contributed by atoms with Crippen LogP contribution in [0.4, 0.5) is 5.69 Å². The highest BCUT2D eigenvalue weighted by Crippen LogP contribution is 2.30. The predicted octanol–water partition coefficient (Wildman–Crippen LogP) is 1.49. The number of benzene rings is 1. The van der Waals surface area contributed by atoms with Gasteiger partial charge >= 0.3 is 0 Å². The molecule has 0 spiro atoms. The summed E-state index contributed by atoms with van der Waals surface area (Å²) >= 11 is 0. The maximum Gasteiger partial charge on any atom is 0.231 e. The Morgan fingerprint density at radius 3 is 2.94 bits per heavy atom. The van der Waals surface area contributed by atoms with Crippen LogP contribution in [-0.2, 0) is 17.6 Å². The van der Waals surface area contributed by atoms with Crippen LogP contribution >= 0.6 is 0 Å². The largest absolute Gasteiger partial charge is 0.330 e. The van der Waals surface area contributed by atoms with E-state index in [0.29, 0.717) is 6.42 Å². The van der Waals surface area contributed by atoms with E-state index in [1.165, 1.54) is 11.1 Å². The highest BCUT2D eigenvalue weighted by molar-refractivity contribution is 6.01. The molecule has 0 aromatic heterocycles. The smallest absolute Gasteiger partial charge is 0.231 e. The number of nitrogens with zero attached hydrogens (tertiary/aromatic N) is 1. The molecule has 1 aliphatic rings. The molecule has 1 amide bonds. The lowest BCUT2D eigenvalue weighted by Gasteiger charge is -2.11. The van der Waals surface area contributed by atoms with Gasteiger partial charge in [-0.1, -0.05) is 12.1 Å². The third-order valence-electron chi connectivity index (χ3n) is 3.21. The van der Waals surface area contributed by atoms with Crippen molar-refractivity contribution in [3.63, 3.8) is 0 Å². The van der Waals surface area contributed by atoms with E-state index in [1.807, 2.05) is 19.2 Å². The Balaban J connectivity index is 2.19. The van der Waals surface area contributed by atoms with Crippen molar-refractivity contribution in [1.29, 1.82) is 0 Å². The number of likely N-dealkylation sites (N-methyl/N-ethyl adjacent to an activating group) is 1. The van der Waals surface area contributed by atoms with Gasteiger partial charge in [-0.3, -0.25) is 4.79 Å². The maximum atomic E-state index is 11.6. The summed E-state index contributed by atoms with van der Waals surface area (Å²) < 4.78 is 0. The molecule has 3 nitrogen and oxygen atoms in total. The van der Waals surface area contributed by atoms with Crippen LogP contribution in [0.2, 0.25) is 0 Å². The standard InChI is InChI=1S/C13H18N2O/c1-15-12-7-4-6-10(5-2-3-8-14)11(12)9-13(15)16/h4,6-7H,2-3,5,8-9,14H2,1H3. The Morgan fingerprint density at radius 2 is 2.19 bits per heavy atom. The Morgan fingerprint density at radius 1 is 1.38 bits per heavy atom. The molecule has 16 heavy (non-hydrogen) atoms. The summed E-state index contributed by atoms with van der Waals surface area (Å²) in [5.41, 5.74) is 9.09. The summed E-state index contributed by atoms with van der Waals surface area (Å²) in [4.78, 5) is 13.4. The number of hydrogen-bond donors (Lipinski definition) is 1. The average molecular weight is 218 g/mol. The number of unbranched alkanes of at least 4 members (excludes halogenated alkanes) is 1. The molecule has 0 radical (unpaired) electrons. The van der Waals surface area contributed by atoms with Crippen LogP contribution in [-0.4, -0.2) is 19.5 Å². The van der Waals surface area contributed by atoms with E-state index in [2.05, 4.69) is 6.07 Å². The van der Waals surface area contributed by atoms with Crippen molar-refractivity contribution in [1.82, 2.24) is 0 Å². The van der Waals surface area contributed by atoms with Gasteiger partial charge in [0.1, 0.15) is 0 Å². The maximum absolute atomic E-state index is 11.6. The van der Waals surface area contributed by atoms with E-state index >= 15 is 0 Å². The average Bonchev–Trinajstić information content (AvgIpc) is 2.57. The number of amides is 1. The van der Waals surface area contributed by atoms with E-state index in [4.69, 9.17) is 5.73 Å². The molecule has 1 aromatic carbocycles. The lowest BCUT2D eigenvalue weighted by Crippen LogP contribution is -2.20.